The van der Waals surface area contributed by atoms with Crippen molar-refractivity contribution >= 4 is 83.9 Å². The summed E-state index contributed by atoms with van der Waals surface area (Å²) in [7, 11) is 4.53. The molecule has 81 heavy (non-hydrogen) atoms. The fourth-order valence-electron chi connectivity index (χ4n) is 11.8. The Morgan fingerprint density at radius 1 is 0.309 bits per heavy atom. The Hall–Kier alpha value is 1.96. The molecule has 0 aromatic carbocycles. The summed E-state index contributed by atoms with van der Waals surface area (Å²) in [5, 5.41) is 0. The van der Waals surface area contributed by atoms with E-state index in [1.807, 2.05) is 0 Å². The van der Waals surface area contributed by atoms with Crippen molar-refractivity contribution in [3.8, 4) is 0 Å². The minimum absolute atomic E-state index is 0.0457. The van der Waals surface area contributed by atoms with E-state index >= 15 is 0 Å². The number of hydrogen-bond donors (Lipinski definition) is 0. The van der Waals surface area contributed by atoms with Crippen LogP contribution >= 0.6 is 17.9 Å². The number of carbonyl (C=O) groups excluding carboxylic acids is 2. The molecule has 0 saturated heterocycles. The predicted octanol–water partition coefficient (Wildman–Crippen LogP) is 25.3. The van der Waals surface area contributed by atoms with Gasteiger partial charge in [-0.25, -0.2) is 0 Å². The quantitative estimate of drug-likeness (QED) is 0.0441. The Labute approximate surface area is 528 Å². The zero-order chi connectivity index (χ0) is 59.7. The van der Waals surface area contributed by atoms with Crippen LogP contribution in [0.3, 0.4) is 0 Å². The van der Waals surface area contributed by atoms with Gasteiger partial charge in [0.05, 0.1) is 0 Å². The van der Waals surface area contributed by atoms with E-state index in [0.29, 0.717) is 24.7 Å². The van der Waals surface area contributed by atoms with Gasteiger partial charge in [0.15, 0.2) is 0 Å². The molecule has 0 aromatic heterocycles. The number of rotatable bonds is 66. The summed E-state index contributed by atoms with van der Waals surface area (Å²) in [4.78, 5) is 29.3. The normalized spacial score (nSPS) is 13.1. The van der Waals surface area contributed by atoms with Crippen LogP contribution in [0.25, 0.3) is 0 Å². The molecule has 11 heteroatoms. The SMILES string of the molecule is CCCCCCC[CH2][Sn]([CH2]CCCCCCC)([O]CC(CC)CCCC)[O]C(=O)CC[S][Sn]([CH2]CCCCCCC)([CH2]CCCCCCC)[S]CCC(=O)[O][Sn]([CH2]CCCCCCC)([CH2]CCCCCCC)[O]CC(CC)CCCC. The zero-order valence-corrected chi connectivity index (χ0v) is 66.7. The molecule has 0 spiro atoms. The molecule has 0 aliphatic carbocycles. The van der Waals surface area contributed by atoms with Gasteiger partial charge in [-0.15, -0.1) is 0 Å². The Kier molecular flexibility index (Phi) is 62.3. The van der Waals surface area contributed by atoms with E-state index < -0.39 is 54.0 Å². The molecule has 0 aliphatic heterocycles. The van der Waals surface area contributed by atoms with Gasteiger partial charge in [-0.05, 0) is 0 Å². The minimum atomic E-state index is -3.80. The van der Waals surface area contributed by atoms with E-state index in [0.717, 1.165) is 81.0 Å². The van der Waals surface area contributed by atoms with Gasteiger partial charge in [0.1, 0.15) is 0 Å². The second kappa shape index (κ2) is 60.8. The second-order valence-electron chi connectivity index (χ2n) is 25.4. The van der Waals surface area contributed by atoms with Gasteiger partial charge in [0.2, 0.25) is 0 Å². The van der Waals surface area contributed by atoms with Crippen LogP contribution in [0.15, 0.2) is 0 Å². The summed E-state index contributed by atoms with van der Waals surface area (Å²) in [5.74, 6) is 2.92. The third kappa shape index (κ3) is 48.5. The Morgan fingerprint density at radius 2 is 0.543 bits per heavy atom. The maximum absolute atomic E-state index is 14.7. The summed E-state index contributed by atoms with van der Waals surface area (Å²) < 4.78 is 35.6. The fourth-order valence-corrected chi connectivity index (χ4v) is 61.2. The first-order valence-electron chi connectivity index (χ1n) is 36.5. The van der Waals surface area contributed by atoms with Crippen molar-refractivity contribution in [2.45, 2.75) is 391 Å². The Bertz CT molecular complexity index is 1210. The van der Waals surface area contributed by atoms with Crippen molar-refractivity contribution in [3.63, 3.8) is 0 Å². The van der Waals surface area contributed by atoms with Crippen LogP contribution in [0.1, 0.15) is 365 Å². The number of carbonyl (C=O) groups is 2. The van der Waals surface area contributed by atoms with Gasteiger partial charge in [-0.3, -0.25) is 0 Å². The molecule has 0 saturated carbocycles. The van der Waals surface area contributed by atoms with E-state index in [2.05, 4.69) is 87.1 Å². The van der Waals surface area contributed by atoms with E-state index in [9.17, 15) is 9.59 Å². The standard InChI is InChI=1S/2C8H17O.6C8H17.2C3H6O2S.3Sn/c2*1-3-5-6-8(4-2)7-9;6*1-3-5-7-8-6-4-2;2*4-3(5)1-2-6;;;/h2*8H,3-7H2,1-2H3;6*1,3-8H2,2H3;2*6H,1-2H2,(H,4,5);;;/q2*-1;;;;;;;;;3*+2/p-4. The number of hydrogen-bond acceptors (Lipinski definition) is 8. The molecule has 0 aromatic rings. The molecule has 0 aliphatic rings. The van der Waals surface area contributed by atoms with E-state index in [4.69, 9.17) is 12.3 Å². The Morgan fingerprint density at radius 3 is 0.790 bits per heavy atom. The molecule has 0 radical (unpaired) electrons. The molecule has 6 nitrogen and oxygen atoms in total. The summed E-state index contributed by atoms with van der Waals surface area (Å²) in [6.07, 6.45) is 56.5. The maximum atomic E-state index is 14.7. The van der Waals surface area contributed by atoms with Crippen LogP contribution in [0.5, 0.6) is 0 Å². The van der Waals surface area contributed by atoms with E-state index in [1.54, 1.807) is 0 Å². The van der Waals surface area contributed by atoms with Crippen molar-refractivity contribution < 1.29 is 21.9 Å². The first kappa shape index (κ1) is 83.0. The summed E-state index contributed by atoms with van der Waals surface area (Å²) in [6.45, 7) is 24.7. The van der Waals surface area contributed by atoms with Gasteiger partial charge in [0, 0.05) is 0 Å². The van der Waals surface area contributed by atoms with Crippen LogP contribution in [0.2, 0.25) is 26.6 Å². The molecule has 0 N–H and O–H groups in total. The van der Waals surface area contributed by atoms with Crippen molar-refractivity contribution in [1.29, 1.82) is 0 Å². The predicted molar refractivity (Wildman–Crippen MR) is 371 cm³/mol. The van der Waals surface area contributed by atoms with E-state index in [-0.39, 0.29) is 11.9 Å². The summed E-state index contributed by atoms with van der Waals surface area (Å²) >= 11 is -10.7. The topological polar surface area (TPSA) is 71.1 Å². The van der Waals surface area contributed by atoms with Gasteiger partial charge < -0.3 is 0 Å². The number of unbranched alkanes of at least 4 members (excludes halogenated alkanes) is 32. The molecule has 0 amide bonds. The third-order valence-corrected chi connectivity index (χ3v) is 68.7. The van der Waals surface area contributed by atoms with Crippen molar-refractivity contribution in [2.24, 2.45) is 11.8 Å². The monoisotopic (exact) mass is 1500 g/mol. The van der Waals surface area contributed by atoms with Gasteiger partial charge in [-0.1, -0.05) is 0 Å². The Balaban J connectivity index is 6.95. The average molecular weight is 1500 g/mol. The van der Waals surface area contributed by atoms with Gasteiger partial charge in [0.25, 0.3) is 0 Å². The van der Waals surface area contributed by atoms with Crippen LogP contribution in [0.4, 0.5) is 0 Å². The van der Waals surface area contributed by atoms with Crippen LogP contribution < -0.4 is 0 Å². The molecule has 0 bridgehead atoms. The molecular weight excluding hydrogens is 1360 g/mol. The zero-order valence-electron chi connectivity index (χ0n) is 56.5. The molecule has 0 fully saturated rings. The van der Waals surface area contributed by atoms with Crippen molar-refractivity contribution in [1.82, 2.24) is 0 Å². The molecule has 0 rings (SSSR count). The van der Waals surface area contributed by atoms with E-state index in [1.165, 1.54) is 253 Å². The second-order valence-corrected chi connectivity index (χ2v) is 71.0. The van der Waals surface area contributed by atoms with Crippen LogP contribution in [-0.4, -0.2) is 90.7 Å². The van der Waals surface area contributed by atoms with Crippen molar-refractivity contribution in [2.75, 3.05) is 24.7 Å². The van der Waals surface area contributed by atoms with Gasteiger partial charge >= 0.3 is 534 Å². The van der Waals surface area contributed by atoms with Gasteiger partial charge in [-0.2, -0.15) is 0 Å². The van der Waals surface area contributed by atoms with Crippen molar-refractivity contribution in [3.05, 3.63) is 0 Å². The summed E-state index contributed by atoms with van der Waals surface area (Å²) in [5.41, 5.74) is 0. The molecule has 484 valence electrons. The third-order valence-electron chi connectivity index (χ3n) is 17.7. The molecule has 2 unspecified atom stereocenters. The fraction of sp³-hybridized carbons (Fsp3) is 0.971. The average Bonchev–Trinajstić information content (AvgIpc) is 3.46. The first-order valence-corrected chi connectivity index (χ1v) is 62.3. The molecule has 2 atom stereocenters. The summed E-state index contributed by atoms with van der Waals surface area (Å²) in [6, 6.07) is 0. The van der Waals surface area contributed by atoms with Crippen LogP contribution in [-0.2, 0) is 21.9 Å². The van der Waals surface area contributed by atoms with Crippen LogP contribution in [0, 0.1) is 11.8 Å². The first-order chi connectivity index (χ1) is 39.6. The molecule has 0 heterocycles. The molecular formula is C70H144O6S2Sn3.